The lowest BCUT2D eigenvalue weighted by Gasteiger charge is -2.54. The zero-order chi connectivity index (χ0) is 18.2. The maximum atomic E-state index is 12.1. The highest BCUT2D eigenvalue weighted by atomic mass is 16.6. The number of carbonyl (C=O) groups is 2. The van der Waals surface area contributed by atoms with Crippen LogP contribution >= 0.6 is 0 Å². The average Bonchev–Trinajstić information content (AvgIpc) is 2.51. The predicted octanol–water partition coefficient (Wildman–Crippen LogP) is 2.62. The van der Waals surface area contributed by atoms with Crippen molar-refractivity contribution >= 4 is 17.9 Å². The molecule has 2 fully saturated rings. The maximum absolute atomic E-state index is 12.1. The van der Waals surface area contributed by atoms with Crippen molar-refractivity contribution in [3.05, 3.63) is 23.9 Å². The molecular formula is C18H25N3O4. The zero-order valence-corrected chi connectivity index (χ0v) is 15.0. The molecule has 7 nitrogen and oxygen atoms in total. The van der Waals surface area contributed by atoms with Crippen molar-refractivity contribution in [3.8, 4) is 0 Å². The minimum atomic E-state index is -0.940. The summed E-state index contributed by atoms with van der Waals surface area (Å²) in [5.74, 6) is -0.232. The van der Waals surface area contributed by atoms with Crippen molar-refractivity contribution in [2.45, 2.75) is 39.2 Å². The molecule has 1 aromatic rings. The van der Waals surface area contributed by atoms with Gasteiger partial charge in [0.05, 0.1) is 5.56 Å². The van der Waals surface area contributed by atoms with E-state index in [2.05, 4.69) is 9.88 Å². The predicted molar refractivity (Wildman–Crippen MR) is 92.9 cm³/mol. The number of likely N-dealkylation sites (tertiary alicyclic amines) is 1. The number of carboxylic acids is 1. The number of aromatic nitrogens is 1. The van der Waals surface area contributed by atoms with E-state index in [-0.39, 0.29) is 17.1 Å². The number of carboxylic acid groups (broad SMARTS) is 1. The number of nitrogens with zero attached hydrogens (tertiary/aromatic N) is 3. The molecule has 1 N–H and O–H groups in total. The summed E-state index contributed by atoms with van der Waals surface area (Å²) in [7, 11) is 0. The van der Waals surface area contributed by atoms with Gasteiger partial charge in [-0.3, -0.25) is 0 Å². The van der Waals surface area contributed by atoms with Crippen LogP contribution in [0.15, 0.2) is 18.3 Å². The molecule has 2 saturated heterocycles. The highest BCUT2D eigenvalue weighted by Crippen LogP contribution is 2.42. The fourth-order valence-corrected chi connectivity index (χ4v) is 3.46. The monoisotopic (exact) mass is 347 g/mol. The minimum Gasteiger partial charge on any atom is -0.478 e. The molecule has 1 spiro atoms. The summed E-state index contributed by atoms with van der Waals surface area (Å²) in [6.07, 6.45) is 3.16. The summed E-state index contributed by atoms with van der Waals surface area (Å²) in [5, 5.41) is 9.09. The average molecular weight is 347 g/mol. The first kappa shape index (κ1) is 17.5. The molecule has 1 aromatic heterocycles. The number of piperidine rings is 1. The summed E-state index contributed by atoms with van der Waals surface area (Å²) >= 11 is 0. The van der Waals surface area contributed by atoms with E-state index in [4.69, 9.17) is 9.84 Å². The maximum Gasteiger partial charge on any atom is 0.410 e. The molecule has 0 radical (unpaired) electrons. The number of carbonyl (C=O) groups excluding carboxylic acids is 1. The van der Waals surface area contributed by atoms with Crippen LogP contribution in [0.3, 0.4) is 0 Å². The van der Waals surface area contributed by atoms with Crippen LogP contribution in [-0.4, -0.2) is 58.8 Å². The van der Waals surface area contributed by atoms with Crippen LogP contribution in [0, 0.1) is 5.41 Å². The lowest BCUT2D eigenvalue weighted by atomic mass is 9.72. The first-order valence-corrected chi connectivity index (χ1v) is 8.60. The molecule has 2 aliphatic heterocycles. The van der Waals surface area contributed by atoms with Gasteiger partial charge in [-0.1, -0.05) is 0 Å². The first-order chi connectivity index (χ1) is 11.7. The van der Waals surface area contributed by atoms with Gasteiger partial charge in [0.25, 0.3) is 0 Å². The normalized spacial score (nSPS) is 19.5. The van der Waals surface area contributed by atoms with E-state index in [9.17, 15) is 9.59 Å². The van der Waals surface area contributed by atoms with Gasteiger partial charge in [0.1, 0.15) is 11.4 Å². The standard InChI is InChI=1S/C18H25N3O4/c1-17(2,3)25-16(24)20-8-5-18(6-9-20)11-21(12-18)14-10-13(15(22)23)4-7-19-14/h4,7,10H,5-6,8-9,11-12H2,1-3H3,(H,22,23). The van der Waals surface area contributed by atoms with E-state index in [1.165, 1.54) is 12.3 Å². The second kappa shape index (κ2) is 6.20. The number of pyridine rings is 1. The van der Waals surface area contributed by atoms with E-state index < -0.39 is 11.6 Å². The number of anilines is 1. The molecule has 7 heteroatoms. The third-order valence-electron chi connectivity index (χ3n) is 4.84. The van der Waals surface area contributed by atoms with E-state index in [0.717, 1.165) is 25.9 Å². The van der Waals surface area contributed by atoms with E-state index in [1.807, 2.05) is 20.8 Å². The van der Waals surface area contributed by atoms with Crippen molar-refractivity contribution < 1.29 is 19.4 Å². The van der Waals surface area contributed by atoms with Crippen LogP contribution < -0.4 is 4.90 Å². The quantitative estimate of drug-likeness (QED) is 0.885. The van der Waals surface area contributed by atoms with Crippen molar-refractivity contribution in [3.63, 3.8) is 0 Å². The molecule has 136 valence electrons. The van der Waals surface area contributed by atoms with Gasteiger partial charge >= 0.3 is 12.1 Å². The molecule has 3 rings (SSSR count). The Morgan fingerprint density at radius 1 is 1.24 bits per heavy atom. The SMILES string of the molecule is CC(C)(C)OC(=O)N1CCC2(CC1)CN(c1cc(C(=O)O)ccn1)C2. The molecule has 0 atom stereocenters. The Morgan fingerprint density at radius 3 is 2.44 bits per heavy atom. The van der Waals surface area contributed by atoms with Crippen molar-refractivity contribution in [1.29, 1.82) is 0 Å². The number of amides is 1. The molecule has 0 unspecified atom stereocenters. The van der Waals surface area contributed by atoms with Gasteiger partial charge < -0.3 is 19.6 Å². The number of hydrogen-bond donors (Lipinski definition) is 1. The van der Waals surface area contributed by atoms with Crippen LogP contribution in [0.2, 0.25) is 0 Å². The second-order valence-electron chi connectivity index (χ2n) is 8.03. The fourth-order valence-electron chi connectivity index (χ4n) is 3.46. The molecule has 25 heavy (non-hydrogen) atoms. The molecule has 3 heterocycles. The van der Waals surface area contributed by atoms with Crippen molar-refractivity contribution in [1.82, 2.24) is 9.88 Å². The lowest BCUT2D eigenvalue weighted by molar-refractivity contribution is 0.00589. The topological polar surface area (TPSA) is 83.0 Å². The fraction of sp³-hybridized carbons (Fsp3) is 0.611. The molecule has 0 aliphatic carbocycles. The summed E-state index contributed by atoms with van der Waals surface area (Å²) in [5.41, 5.74) is -0.0228. The summed E-state index contributed by atoms with van der Waals surface area (Å²) in [6.45, 7) is 8.72. The van der Waals surface area contributed by atoms with Gasteiger partial charge in [-0.05, 0) is 45.7 Å². The van der Waals surface area contributed by atoms with Crippen LogP contribution in [0.25, 0.3) is 0 Å². The van der Waals surface area contributed by atoms with Gasteiger partial charge in [0.2, 0.25) is 0 Å². The lowest BCUT2D eigenvalue weighted by Crippen LogP contribution is -2.61. The van der Waals surface area contributed by atoms with Crippen molar-refractivity contribution in [2.24, 2.45) is 5.41 Å². The summed E-state index contributed by atoms with van der Waals surface area (Å²) in [6, 6.07) is 3.12. The Balaban J connectivity index is 1.54. The number of ether oxygens (including phenoxy) is 1. The smallest absolute Gasteiger partial charge is 0.410 e. The van der Waals surface area contributed by atoms with E-state index in [0.29, 0.717) is 18.9 Å². The number of hydrogen-bond acceptors (Lipinski definition) is 5. The van der Waals surface area contributed by atoms with Crippen LogP contribution in [0.4, 0.5) is 10.6 Å². The van der Waals surface area contributed by atoms with Crippen LogP contribution in [0.5, 0.6) is 0 Å². The molecular weight excluding hydrogens is 322 g/mol. The third kappa shape index (κ3) is 3.86. The Morgan fingerprint density at radius 2 is 1.88 bits per heavy atom. The zero-order valence-electron chi connectivity index (χ0n) is 15.0. The molecule has 1 amide bonds. The van der Waals surface area contributed by atoms with Gasteiger partial charge in [0, 0.05) is 37.8 Å². The minimum absolute atomic E-state index is 0.194. The Kier molecular flexibility index (Phi) is 4.34. The van der Waals surface area contributed by atoms with Gasteiger partial charge in [-0.25, -0.2) is 14.6 Å². The van der Waals surface area contributed by atoms with Crippen LogP contribution in [0.1, 0.15) is 44.0 Å². The summed E-state index contributed by atoms with van der Waals surface area (Å²) in [4.78, 5) is 31.4. The Labute approximate surface area is 147 Å². The second-order valence-corrected chi connectivity index (χ2v) is 8.03. The Bertz CT molecular complexity index is 667. The van der Waals surface area contributed by atoms with Gasteiger partial charge in [0.15, 0.2) is 0 Å². The highest BCUT2D eigenvalue weighted by molar-refractivity contribution is 5.88. The largest absolute Gasteiger partial charge is 0.478 e. The summed E-state index contributed by atoms with van der Waals surface area (Å²) < 4.78 is 5.43. The highest BCUT2D eigenvalue weighted by Gasteiger charge is 2.46. The molecule has 0 aromatic carbocycles. The van der Waals surface area contributed by atoms with E-state index >= 15 is 0 Å². The third-order valence-corrected chi connectivity index (χ3v) is 4.84. The molecule has 0 bridgehead atoms. The van der Waals surface area contributed by atoms with Gasteiger partial charge in [-0.2, -0.15) is 0 Å². The first-order valence-electron chi connectivity index (χ1n) is 8.60. The molecule has 2 aliphatic rings. The molecule has 0 saturated carbocycles. The van der Waals surface area contributed by atoms with Gasteiger partial charge in [-0.15, -0.1) is 0 Å². The number of aromatic carboxylic acids is 1. The van der Waals surface area contributed by atoms with E-state index in [1.54, 1.807) is 11.0 Å². The van der Waals surface area contributed by atoms with Crippen LogP contribution in [-0.2, 0) is 4.74 Å². The Hall–Kier alpha value is -2.31. The van der Waals surface area contributed by atoms with Crippen molar-refractivity contribution in [2.75, 3.05) is 31.1 Å². The number of rotatable bonds is 2.